The minimum absolute atomic E-state index is 0.398. The fourth-order valence-electron chi connectivity index (χ4n) is 1.16. The second kappa shape index (κ2) is 5.91. The monoisotopic (exact) mass is 321 g/mol. The predicted molar refractivity (Wildman–Crippen MR) is 54.6 cm³/mol. The summed E-state index contributed by atoms with van der Waals surface area (Å²) in [7, 11) is -6.40. The molecule has 0 aromatic heterocycles. The molecule has 0 saturated heterocycles. The molecule has 0 heterocycles. The van der Waals surface area contributed by atoms with Crippen molar-refractivity contribution in [1.29, 1.82) is 0 Å². The van der Waals surface area contributed by atoms with Crippen LogP contribution < -0.4 is 0 Å². The van der Waals surface area contributed by atoms with Crippen molar-refractivity contribution >= 4 is 18.8 Å². The van der Waals surface area contributed by atoms with E-state index in [1.807, 2.05) is 0 Å². The molecule has 0 aliphatic heterocycles. The molecule has 1 rings (SSSR count). The summed E-state index contributed by atoms with van der Waals surface area (Å²) < 4.78 is 91.9. The number of hydrogen-bond donors (Lipinski definition) is 0. The summed E-state index contributed by atoms with van der Waals surface area (Å²) in [6.07, 6.45) is -5.07. The van der Waals surface area contributed by atoms with Gasteiger partial charge < -0.3 is 0 Å². The van der Waals surface area contributed by atoms with E-state index in [9.17, 15) is 30.5 Å². The first-order valence-electron chi connectivity index (χ1n) is 4.44. The highest BCUT2D eigenvalue weighted by molar-refractivity contribution is 7.86. The van der Waals surface area contributed by atoms with Gasteiger partial charge in [0.15, 0.2) is 0 Å². The smallest absolute Gasteiger partial charge is 0.232 e. The maximum Gasteiger partial charge on any atom is 0.496 e. The van der Waals surface area contributed by atoms with E-state index in [-0.39, 0.29) is 0 Å². The van der Waals surface area contributed by atoms with Gasteiger partial charge in [-0.25, -0.2) is 8.57 Å². The third-order valence-electron chi connectivity index (χ3n) is 1.84. The molecule has 1 aromatic rings. The third kappa shape index (κ3) is 3.93. The summed E-state index contributed by atoms with van der Waals surface area (Å²) in [5.41, 5.74) is -1.70. The van der Waals surface area contributed by atoms with Crippen LogP contribution in [0.5, 0.6) is 0 Å². The van der Waals surface area contributed by atoms with Crippen molar-refractivity contribution in [3.05, 3.63) is 29.6 Å². The number of halogens is 4. The number of hydrogen-bond acceptors (Lipinski definition) is 5. The van der Waals surface area contributed by atoms with Crippen LogP contribution in [0.25, 0.3) is 0 Å². The minimum Gasteiger partial charge on any atom is -0.232 e. The molecule has 0 N–H and O–H groups in total. The average Bonchev–Trinajstić information content (AvgIpc) is 2.27. The largest absolute Gasteiger partial charge is 0.496 e. The van der Waals surface area contributed by atoms with E-state index < -0.39 is 48.1 Å². The van der Waals surface area contributed by atoms with Crippen molar-refractivity contribution in [2.75, 3.05) is 6.79 Å². The Hall–Kier alpha value is -1.09. The summed E-state index contributed by atoms with van der Waals surface area (Å²) >= 11 is 0. The lowest BCUT2D eigenvalue weighted by molar-refractivity contribution is -0.140. The zero-order chi connectivity index (χ0) is 14.7. The number of rotatable bonds is 5. The van der Waals surface area contributed by atoms with Crippen molar-refractivity contribution in [3.8, 4) is 0 Å². The van der Waals surface area contributed by atoms with Crippen LogP contribution in [-0.2, 0) is 29.6 Å². The van der Waals surface area contributed by atoms with Gasteiger partial charge in [0, 0.05) is 0 Å². The van der Waals surface area contributed by atoms with Gasteiger partial charge in [0.25, 0.3) is 0 Å². The zero-order valence-electron chi connectivity index (χ0n) is 8.90. The molecule has 0 spiro atoms. The highest BCUT2D eigenvalue weighted by atomic mass is 32.2. The molecule has 1 atom stereocenters. The SMILES string of the molecule is O=[PH+]OCOS(=O)(=O)c1c(F)cccc1C(F)(F)F. The van der Waals surface area contributed by atoms with E-state index in [0.29, 0.717) is 18.2 Å². The highest BCUT2D eigenvalue weighted by Gasteiger charge is 2.39. The van der Waals surface area contributed by atoms with Crippen molar-refractivity contribution in [3.63, 3.8) is 0 Å². The normalized spacial score (nSPS) is 12.8. The molecule has 11 heteroatoms. The summed E-state index contributed by atoms with van der Waals surface area (Å²) in [4.78, 5) is -1.64. The van der Waals surface area contributed by atoms with Gasteiger partial charge in [-0.05, 0) is 16.7 Å². The lowest BCUT2D eigenvalue weighted by atomic mass is 10.2. The van der Waals surface area contributed by atoms with E-state index >= 15 is 0 Å². The Bertz CT molecular complexity index is 571. The molecule has 0 bridgehead atoms. The summed E-state index contributed by atoms with van der Waals surface area (Å²) in [6.45, 7) is -1.09. The van der Waals surface area contributed by atoms with Crippen molar-refractivity contribution in [2.24, 2.45) is 0 Å². The topological polar surface area (TPSA) is 69.7 Å². The van der Waals surface area contributed by atoms with Gasteiger partial charge in [0.05, 0.1) is 5.56 Å². The summed E-state index contributed by atoms with van der Waals surface area (Å²) in [5.74, 6) is -1.61. The van der Waals surface area contributed by atoms with Gasteiger partial charge in [-0.1, -0.05) is 6.07 Å². The standard InChI is InChI=1S/C8H6F4O5PS/c9-6-3-1-2-5(8(10,11)12)7(6)19(14,15)17-4-16-18-13/h1-3,18H,4H2/q+1. The van der Waals surface area contributed by atoms with E-state index in [2.05, 4.69) is 8.71 Å². The minimum atomic E-state index is -5.07. The summed E-state index contributed by atoms with van der Waals surface area (Å²) in [6, 6.07) is 1.66. The van der Waals surface area contributed by atoms with Crippen LogP contribution in [0.2, 0.25) is 0 Å². The molecule has 0 aliphatic carbocycles. The maximum absolute atomic E-state index is 13.3. The molecule has 0 aliphatic rings. The van der Waals surface area contributed by atoms with Crippen LogP contribution in [0, 0.1) is 5.82 Å². The maximum atomic E-state index is 13.3. The molecule has 1 unspecified atom stereocenters. The molecular weight excluding hydrogens is 315 g/mol. The molecule has 5 nitrogen and oxygen atoms in total. The van der Waals surface area contributed by atoms with Gasteiger partial charge in [-0.2, -0.15) is 21.6 Å². The van der Waals surface area contributed by atoms with Crippen molar-refractivity contribution in [2.45, 2.75) is 11.1 Å². The first-order chi connectivity index (χ1) is 8.70. The van der Waals surface area contributed by atoms with E-state index in [1.165, 1.54) is 0 Å². The molecule has 19 heavy (non-hydrogen) atoms. The second-order valence-electron chi connectivity index (χ2n) is 3.03. The molecule has 106 valence electrons. The Kier molecular flexibility index (Phi) is 4.97. The van der Waals surface area contributed by atoms with Crippen LogP contribution >= 0.6 is 8.69 Å². The zero-order valence-corrected chi connectivity index (χ0v) is 10.7. The first kappa shape index (κ1) is 16.0. The Labute approximate surface area is 106 Å². The van der Waals surface area contributed by atoms with Crippen LogP contribution in [0.15, 0.2) is 23.1 Å². The molecule has 0 fully saturated rings. The van der Waals surface area contributed by atoms with Gasteiger partial charge in [-0.3, -0.25) is 0 Å². The van der Waals surface area contributed by atoms with Crippen molar-refractivity contribution in [1.82, 2.24) is 0 Å². The van der Waals surface area contributed by atoms with Crippen molar-refractivity contribution < 1.29 is 39.3 Å². The lowest BCUT2D eigenvalue weighted by Gasteiger charge is -2.12. The Morgan fingerprint density at radius 3 is 2.42 bits per heavy atom. The van der Waals surface area contributed by atoms with Gasteiger partial charge in [-0.15, -0.1) is 4.52 Å². The van der Waals surface area contributed by atoms with Gasteiger partial charge >= 0.3 is 25.0 Å². The molecule has 0 radical (unpaired) electrons. The predicted octanol–water partition coefficient (Wildman–Crippen LogP) is 2.46. The van der Waals surface area contributed by atoms with Gasteiger partial charge in [0.2, 0.25) is 6.79 Å². The van der Waals surface area contributed by atoms with Crippen LogP contribution in [-0.4, -0.2) is 15.2 Å². The highest BCUT2D eigenvalue weighted by Crippen LogP contribution is 2.36. The quantitative estimate of drug-likeness (QED) is 0.274. The number of alkyl halides is 3. The van der Waals surface area contributed by atoms with Crippen LogP contribution in [0.1, 0.15) is 5.56 Å². The Morgan fingerprint density at radius 1 is 1.26 bits per heavy atom. The Balaban J connectivity index is 3.29. The Morgan fingerprint density at radius 2 is 1.89 bits per heavy atom. The fraction of sp³-hybridized carbons (Fsp3) is 0.250. The van der Waals surface area contributed by atoms with E-state index in [1.54, 1.807) is 0 Å². The van der Waals surface area contributed by atoms with Crippen LogP contribution in [0.3, 0.4) is 0 Å². The van der Waals surface area contributed by atoms with Crippen LogP contribution in [0.4, 0.5) is 17.6 Å². The number of benzene rings is 1. The lowest BCUT2D eigenvalue weighted by Crippen LogP contribution is -2.17. The summed E-state index contributed by atoms with van der Waals surface area (Å²) in [5, 5.41) is 0. The molecule has 1 aromatic carbocycles. The second-order valence-corrected chi connectivity index (χ2v) is 5.04. The third-order valence-corrected chi connectivity index (χ3v) is 3.40. The van der Waals surface area contributed by atoms with E-state index in [4.69, 9.17) is 0 Å². The first-order valence-corrected chi connectivity index (χ1v) is 6.66. The fourth-order valence-corrected chi connectivity index (χ4v) is 2.40. The molecular formula is C8H6F4O5PS+. The molecule has 0 saturated carbocycles. The molecule has 0 amide bonds. The van der Waals surface area contributed by atoms with Gasteiger partial charge in [0.1, 0.15) is 10.7 Å². The average molecular weight is 321 g/mol. The van der Waals surface area contributed by atoms with E-state index in [0.717, 1.165) is 0 Å².